The highest BCUT2D eigenvalue weighted by Crippen LogP contribution is 2.13. The van der Waals surface area contributed by atoms with Gasteiger partial charge in [0.05, 0.1) is 13.2 Å². The molecule has 6 nitrogen and oxygen atoms in total. The summed E-state index contributed by atoms with van der Waals surface area (Å²) in [6.07, 6.45) is 0.267. The molecule has 1 aromatic rings. The van der Waals surface area contributed by atoms with Crippen LogP contribution in [0.15, 0.2) is 30.3 Å². The summed E-state index contributed by atoms with van der Waals surface area (Å²) < 4.78 is 5.19. The molecule has 1 fully saturated rings. The number of hydroxylamine groups is 1. The quantitative estimate of drug-likeness (QED) is 0.469. The van der Waals surface area contributed by atoms with Crippen LogP contribution in [0.2, 0.25) is 0 Å². The Morgan fingerprint density at radius 2 is 1.90 bits per heavy atom. The molecule has 1 aromatic carbocycles. The SMILES string of the molecule is O=C(NO)[C@H](Cc1ccccc1)C(=O)N1CCOCC1. The number of nitrogens with zero attached hydrogens (tertiary/aromatic N) is 1. The standard InChI is InChI=1S/C14H18N2O4/c17-13(15-19)12(10-11-4-2-1-3-5-11)14(18)16-6-8-20-9-7-16/h1-5,12,19H,6-10H2,(H,15,17)/t12-/m0/s1. The highest BCUT2D eigenvalue weighted by atomic mass is 16.5. The van der Waals surface area contributed by atoms with Crippen LogP contribution >= 0.6 is 0 Å². The van der Waals surface area contributed by atoms with E-state index in [-0.39, 0.29) is 12.3 Å². The minimum absolute atomic E-state index is 0.267. The lowest BCUT2D eigenvalue weighted by Crippen LogP contribution is -2.48. The molecule has 0 radical (unpaired) electrons. The van der Waals surface area contributed by atoms with E-state index in [1.165, 1.54) is 0 Å². The topological polar surface area (TPSA) is 78.9 Å². The summed E-state index contributed by atoms with van der Waals surface area (Å²) in [6.45, 7) is 1.90. The first-order valence-electron chi connectivity index (χ1n) is 6.57. The second-order valence-corrected chi connectivity index (χ2v) is 4.66. The summed E-state index contributed by atoms with van der Waals surface area (Å²) in [5.74, 6) is -1.87. The number of hydrogen-bond donors (Lipinski definition) is 2. The zero-order valence-electron chi connectivity index (χ0n) is 11.1. The van der Waals surface area contributed by atoms with E-state index in [9.17, 15) is 9.59 Å². The summed E-state index contributed by atoms with van der Waals surface area (Å²) in [6, 6.07) is 9.27. The second kappa shape index (κ2) is 7.02. The molecule has 20 heavy (non-hydrogen) atoms. The molecular weight excluding hydrogens is 260 g/mol. The van der Waals surface area contributed by atoms with Crippen molar-refractivity contribution < 1.29 is 19.5 Å². The Balaban J connectivity index is 2.10. The van der Waals surface area contributed by atoms with Gasteiger partial charge < -0.3 is 9.64 Å². The third kappa shape index (κ3) is 3.55. The van der Waals surface area contributed by atoms with Gasteiger partial charge in [-0.25, -0.2) is 5.48 Å². The van der Waals surface area contributed by atoms with E-state index in [0.717, 1.165) is 5.56 Å². The normalized spacial score (nSPS) is 16.6. The van der Waals surface area contributed by atoms with Crippen LogP contribution in [0.5, 0.6) is 0 Å². The largest absolute Gasteiger partial charge is 0.378 e. The van der Waals surface area contributed by atoms with E-state index in [1.807, 2.05) is 30.3 Å². The van der Waals surface area contributed by atoms with Crippen LogP contribution < -0.4 is 5.48 Å². The molecule has 1 aliphatic rings. The zero-order chi connectivity index (χ0) is 14.4. The molecule has 0 bridgehead atoms. The van der Waals surface area contributed by atoms with E-state index in [2.05, 4.69) is 0 Å². The maximum absolute atomic E-state index is 12.4. The summed E-state index contributed by atoms with van der Waals surface area (Å²) in [7, 11) is 0. The van der Waals surface area contributed by atoms with Crippen molar-refractivity contribution in [3.63, 3.8) is 0 Å². The van der Waals surface area contributed by atoms with Crippen molar-refractivity contribution in [1.82, 2.24) is 10.4 Å². The van der Waals surface area contributed by atoms with Gasteiger partial charge in [0.2, 0.25) is 5.91 Å². The summed E-state index contributed by atoms with van der Waals surface area (Å²) >= 11 is 0. The van der Waals surface area contributed by atoms with Crippen LogP contribution in [0, 0.1) is 5.92 Å². The fourth-order valence-electron chi connectivity index (χ4n) is 2.22. The summed E-state index contributed by atoms with van der Waals surface area (Å²) in [5, 5.41) is 8.84. The molecule has 0 aliphatic carbocycles. The number of rotatable bonds is 4. The van der Waals surface area contributed by atoms with Crippen molar-refractivity contribution in [3.05, 3.63) is 35.9 Å². The maximum atomic E-state index is 12.4. The van der Waals surface area contributed by atoms with Gasteiger partial charge in [-0.15, -0.1) is 0 Å². The van der Waals surface area contributed by atoms with E-state index in [1.54, 1.807) is 10.4 Å². The summed E-state index contributed by atoms with van der Waals surface area (Å²) in [4.78, 5) is 25.8. The molecule has 1 heterocycles. The van der Waals surface area contributed by atoms with Crippen molar-refractivity contribution in [2.45, 2.75) is 6.42 Å². The highest BCUT2D eigenvalue weighted by molar-refractivity contribution is 6.00. The van der Waals surface area contributed by atoms with Crippen molar-refractivity contribution >= 4 is 11.8 Å². The number of carbonyl (C=O) groups excluding carboxylic acids is 2. The minimum Gasteiger partial charge on any atom is -0.378 e. The molecule has 108 valence electrons. The molecule has 0 unspecified atom stereocenters. The van der Waals surface area contributed by atoms with Crippen LogP contribution in [0.4, 0.5) is 0 Å². The van der Waals surface area contributed by atoms with Crippen molar-refractivity contribution in [2.75, 3.05) is 26.3 Å². The Hall–Kier alpha value is -1.92. The second-order valence-electron chi connectivity index (χ2n) is 4.66. The van der Waals surface area contributed by atoms with Gasteiger partial charge in [0.1, 0.15) is 5.92 Å². The Kier molecular flexibility index (Phi) is 5.09. The average Bonchev–Trinajstić information content (AvgIpc) is 2.53. The zero-order valence-corrected chi connectivity index (χ0v) is 11.1. The Bertz CT molecular complexity index is 458. The molecule has 2 amide bonds. The third-order valence-electron chi connectivity index (χ3n) is 3.33. The van der Waals surface area contributed by atoms with Gasteiger partial charge in [-0.1, -0.05) is 30.3 Å². The van der Waals surface area contributed by atoms with Crippen LogP contribution in [0.25, 0.3) is 0 Å². The fraction of sp³-hybridized carbons (Fsp3) is 0.429. The molecule has 1 saturated heterocycles. The first kappa shape index (κ1) is 14.5. The average molecular weight is 278 g/mol. The van der Waals surface area contributed by atoms with Crippen LogP contribution in [0.1, 0.15) is 5.56 Å². The van der Waals surface area contributed by atoms with Gasteiger partial charge in [-0.3, -0.25) is 14.8 Å². The van der Waals surface area contributed by atoms with Gasteiger partial charge in [0.15, 0.2) is 0 Å². The van der Waals surface area contributed by atoms with Crippen molar-refractivity contribution in [3.8, 4) is 0 Å². The molecule has 6 heteroatoms. The first-order valence-corrected chi connectivity index (χ1v) is 6.57. The van der Waals surface area contributed by atoms with Crippen molar-refractivity contribution in [1.29, 1.82) is 0 Å². The number of ether oxygens (including phenoxy) is 1. The molecule has 1 atom stereocenters. The molecule has 0 aromatic heterocycles. The minimum atomic E-state index is -0.916. The van der Waals surface area contributed by atoms with Gasteiger partial charge in [0.25, 0.3) is 5.91 Å². The summed E-state index contributed by atoms with van der Waals surface area (Å²) in [5.41, 5.74) is 2.47. The lowest BCUT2D eigenvalue weighted by molar-refractivity contribution is -0.148. The van der Waals surface area contributed by atoms with Gasteiger partial charge in [-0.05, 0) is 12.0 Å². The third-order valence-corrected chi connectivity index (χ3v) is 3.33. The number of hydrogen-bond acceptors (Lipinski definition) is 4. The molecule has 2 N–H and O–H groups in total. The van der Waals surface area contributed by atoms with Crippen LogP contribution in [0.3, 0.4) is 0 Å². The lowest BCUT2D eigenvalue weighted by atomic mass is 9.97. The Morgan fingerprint density at radius 3 is 2.50 bits per heavy atom. The predicted octanol–water partition coefficient (Wildman–Crippen LogP) is 0.209. The van der Waals surface area contributed by atoms with E-state index in [4.69, 9.17) is 9.94 Å². The van der Waals surface area contributed by atoms with E-state index >= 15 is 0 Å². The lowest BCUT2D eigenvalue weighted by Gasteiger charge is -2.29. The van der Waals surface area contributed by atoms with Crippen LogP contribution in [-0.4, -0.2) is 48.2 Å². The molecule has 0 saturated carbocycles. The Morgan fingerprint density at radius 1 is 1.25 bits per heavy atom. The van der Waals surface area contributed by atoms with E-state index in [0.29, 0.717) is 26.3 Å². The predicted molar refractivity (Wildman–Crippen MR) is 71.0 cm³/mol. The van der Waals surface area contributed by atoms with Crippen molar-refractivity contribution in [2.24, 2.45) is 5.92 Å². The number of benzene rings is 1. The molecule has 0 spiro atoms. The van der Waals surface area contributed by atoms with Gasteiger partial charge >= 0.3 is 0 Å². The smallest absolute Gasteiger partial charge is 0.256 e. The number of amides is 2. The maximum Gasteiger partial charge on any atom is 0.256 e. The molecule has 1 aliphatic heterocycles. The number of morpholine rings is 1. The number of nitrogens with one attached hydrogen (secondary N) is 1. The van der Waals surface area contributed by atoms with E-state index < -0.39 is 11.8 Å². The van der Waals surface area contributed by atoms with Gasteiger partial charge in [0, 0.05) is 13.1 Å². The molecular formula is C14H18N2O4. The molecule has 2 rings (SSSR count). The fourth-order valence-corrected chi connectivity index (χ4v) is 2.22. The Labute approximate surface area is 117 Å². The highest BCUT2D eigenvalue weighted by Gasteiger charge is 2.31. The number of carbonyl (C=O) groups is 2. The van der Waals surface area contributed by atoms with Crippen LogP contribution in [-0.2, 0) is 20.7 Å². The van der Waals surface area contributed by atoms with Gasteiger partial charge in [-0.2, -0.15) is 0 Å². The monoisotopic (exact) mass is 278 g/mol. The first-order chi connectivity index (χ1) is 9.72.